The van der Waals surface area contributed by atoms with E-state index in [1.807, 2.05) is 60.0 Å². The molecule has 2 aromatic heterocycles. The molecular weight excluding hydrogens is 384 g/mol. The Kier molecular flexibility index (Phi) is 4.17. The molecule has 3 heterocycles. The maximum absolute atomic E-state index is 13.1. The molecule has 144 valence electrons. The third-order valence-electron chi connectivity index (χ3n) is 5.23. The van der Waals surface area contributed by atoms with Crippen molar-refractivity contribution in [2.75, 3.05) is 10.6 Å². The summed E-state index contributed by atoms with van der Waals surface area (Å²) < 4.78 is 1.62. The molecule has 0 saturated carbocycles. The molecule has 0 radical (unpaired) electrons. The standard InChI is InChI=1S/C22H18N4O2S/c1-26-21-19(16(12-18(27)23-21)17-10-5-11-29-17)20(25-26)24-22(28)15-9-4-7-13-6-2-3-8-14(13)15/h2-11,16H,12H2,1H3,(H,23,27)(H,24,25,28)/t16-/m1/s1. The Balaban J connectivity index is 1.57. The van der Waals surface area contributed by atoms with Crippen LogP contribution in [-0.4, -0.2) is 21.6 Å². The predicted octanol–water partition coefficient (Wildman–Crippen LogP) is 4.36. The highest BCUT2D eigenvalue weighted by Crippen LogP contribution is 2.42. The van der Waals surface area contributed by atoms with E-state index in [9.17, 15) is 9.59 Å². The smallest absolute Gasteiger partial charge is 0.257 e. The number of hydrogen-bond donors (Lipinski definition) is 2. The number of amides is 2. The summed E-state index contributed by atoms with van der Waals surface area (Å²) in [6.07, 6.45) is 0.330. The summed E-state index contributed by atoms with van der Waals surface area (Å²) in [6.45, 7) is 0. The van der Waals surface area contributed by atoms with Crippen LogP contribution < -0.4 is 10.6 Å². The Morgan fingerprint density at radius 1 is 1.17 bits per heavy atom. The van der Waals surface area contributed by atoms with E-state index >= 15 is 0 Å². The van der Waals surface area contributed by atoms with Crippen LogP contribution >= 0.6 is 11.3 Å². The van der Waals surface area contributed by atoms with Gasteiger partial charge in [0.05, 0.1) is 0 Å². The highest BCUT2D eigenvalue weighted by Gasteiger charge is 2.34. The maximum Gasteiger partial charge on any atom is 0.257 e. The molecule has 2 aromatic carbocycles. The van der Waals surface area contributed by atoms with Crippen molar-refractivity contribution in [3.8, 4) is 0 Å². The van der Waals surface area contributed by atoms with Crippen molar-refractivity contribution in [2.45, 2.75) is 12.3 Å². The molecule has 0 aliphatic carbocycles. The van der Waals surface area contributed by atoms with Gasteiger partial charge in [-0.3, -0.25) is 14.3 Å². The van der Waals surface area contributed by atoms with Crippen molar-refractivity contribution in [3.63, 3.8) is 0 Å². The summed E-state index contributed by atoms with van der Waals surface area (Å²) in [5.41, 5.74) is 1.44. The molecule has 1 atom stereocenters. The van der Waals surface area contributed by atoms with Gasteiger partial charge in [0.15, 0.2) is 5.82 Å². The molecule has 7 heteroatoms. The number of nitrogens with one attached hydrogen (secondary N) is 2. The first-order chi connectivity index (χ1) is 14.1. The fraction of sp³-hybridized carbons (Fsp3) is 0.136. The van der Waals surface area contributed by atoms with Gasteiger partial charge in [-0.25, -0.2) is 0 Å². The highest BCUT2D eigenvalue weighted by atomic mass is 32.1. The lowest BCUT2D eigenvalue weighted by molar-refractivity contribution is -0.116. The SMILES string of the molecule is Cn1nc(NC(=O)c2cccc3ccccc23)c2c1NC(=O)C[C@@H]2c1cccs1. The molecule has 0 spiro atoms. The molecule has 1 aliphatic heterocycles. The maximum atomic E-state index is 13.1. The Hall–Kier alpha value is -3.45. The van der Waals surface area contributed by atoms with Gasteiger partial charge in [0, 0.05) is 35.4 Å². The second kappa shape index (κ2) is 6.86. The van der Waals surface area contributed by atoms with Gasteiger partial charge in [-0.15, -0.1) is 11.3 Å². The quantitative estimate of drug-likeness (QED) is 0.535. The Labute approximate surface area is 171 Å². The summed E-state index contributed by atoms with van der Waals surface area (Å²) in [5, 5.41) is 14.3. The Morgan fingerprint density at radius 3 is 2.83 bits per heavy atom. The second-order valence-electron chi connectivity index (χ2n) is 7.04. The van der Waals surface area contributed by atoms with Crippen LogP contribution in [0, 0.1) is 0 Å². The van der Waals surface area contributed by atoms with E-state index in [0.717, 1.165) is 21.2 Å². The van der Waals surface area contributed by atoms with Gasteiger partial charge >= 0.3 is 0 Å². The summed E-state index contributed by atoms with van der Waals surface area (Å²) in [5.74, 6) is 0.720. The molecule has 4 aromatic rings. The number of aromatic nitrogens is 2. The van der Waals surface area contributed by atoms with Crippen LogP contribution in [0.25, 0.3) is 10.8 Å². The largest absolute Gasteiger partial charge is 0.311 e. The molecule has 0 unspecified atom stereocenters. The fourth-order valence-electron chi connectivity index (χ4n) is 3.91. The summed E-state index contributed by atoms with van der Waals surface area (Å²) >= 11 is 1.60. The third kappa shape index (κ3) is 3.00. The van der Waals surface area contributed by atoms with Crippen molar-refractivity contribution < 1.29 is 9.59 Å². The van der Waals surface area contributed by atoms with E-state index in [1.54, 1.807) is 23.1 Å². The summed E-state index contributed by atoms with van der Waals surface area (Å²) in [4.78, 5) is 26.5. The molecule has 0 saturated heterocycles. The van der Waals surface area contributed by atoms with Crippen LogP contribution in [-0.2, 0) is 11.8 Å². The van der Waals surface area contributed by atoms with Crippen molar-refractivity contribution in [1.82, 2.24) is 9.78 Å². The van der Waals surface area contributed by atoms with Crippen molar-refractivity contribution in [2.24, 2.45) is 7.05 Å². The minimum absolute atomic E-state index is 0.0502. The van der Waals surface area contributed by atoms with Crippen molar-refractivity contribution >= 4 is 45.6 Å². The monoisotopic (exact) mass is 402 g/mol. The number of carbonyl (C=O) groups excluding carboxylic acids is 2. The number of rotatable bonds is 3. The van der Waals surface area contributed by atoms with E-state index in [0.29, 0.717) is 23.6 Å². The van der Waals surface area contributed by atoms with E-state index in [-0.39, 0.29) is 17.7 Å². The van der Waals surface area contributed by atoms with Crippen LogP contribution in [0.4, 0.5) is 11.6 Å². The third-order valence-corrected chi connectivity index (χ3v) is 6.22. The second-order valence-corrected chi connectivity index (χ2v) is 8.01. The molecule has 0 fully saturated rings. The number of hydrogen-bond acceptors (Lipinski definition) is 4. The molecule has 5 rings (SSSR count). The molecule has 0 bridgehead atoms. The zero-order chi connectivity index (χ0) is 20.0. The predicted molar refractivity (Wildman–Crippen MR) is 115 cm³/mol. The molecule has 1 aliphatic rings. The van der Waals surface area contributed by atoms with Gasteiger partial charge < -0.3 is 10.6 Å². The first-order valence-electron chi connectivity index (χ1n) is 9.31. The summed E-state index contributed by atoms with van der Waals surface area (Å²) in [7, 11) is 1.77. The minimum atomic E-state index is -0.218. The van der Waals surface area contributed by atoms with E-state index in [1.165, 1.54) is 0 Å². The number of nitrogens with zero attached hydrogens (tertiary/aromatic N) is 2. The number of aryl methyl sites for hydroxylation is 1. The van der Waals surface area contributed by atoms with E-state index in [4.69, 9.17) is 0 Å². The van der Waals surface area contributed by atoms with Gasteiger partial charge in [-0.05, 0) is 28.3 Å². The molecule has 2 N–H and O–H groups in total. The number of fused-ring (bicyclic) bond motifs is 2. The van der Waals surface area contributed by atoms with Crippen LogP contribution in [0.1, 0.15) is 33.1 Å². The average Bonchev–Trinajstić information content (AvgIpc) is 3.36. The summed E-state index contributed by atoms with van der Waals surface area (Å²) in [6, 6.07) is 17.4. The number of thiophene rings is 1. The lowest BCUT2D eigenvalue weighted by Gasteiger charge is -2.23. The zero-order valence-electron chi connectivity index (χ0n) is 15.7. The topological polar surface area (TPSA) is 76.0 Å². The molecule has 6 nitrogen and oxygen atoms in total. The van der Waals surface area contributed by atoms with Gasteiger partial charge in [-0.1, -0.05) is 42.5 Å². The fourth-order valence-corrected chi connectivity index (χ4v) is 4.75. The number of benzene rings is 2. The molecule has 29 heavy (non-hydrogen) atoms. The van der Waals surface area contributed by atoms with Crippen LogP contribution in [0.2, 0.25) is 0 Å². The number of anilines is 2. The molecule has 2 amide bonds. The first kappa shape index (κ1) is 17.6. The normalized spacial score (nSPS) is 15.8. The minimum Gasteiger partial charge on any atom is -0.311 e. The highest BCUT2D eigenvalue weighted by molar-refractivity contribution is 7.10. The van der Waals surface area contributed by atoms with E-state index in [2.05, 4.69) is 15.7 Å². The van der Waals surface area contributed by atoms with Crippen LogP contribution in [0.3, 0.4) is 0 Å². The van der Waals surface area contributed by atoms with Gasteiger partial charge in [0.1, 0.15) is 5.82 Å². The lowest BCUT2D eigenvalue weighted by Crippen LogP contribution is -2.24. The van der Waals surface area contributed by atoms with Gasteiger partial charge in [0.25, 0.3) is 5.91 Å². The Morgan fingerprint density at radius 2 is 2.00 bits per heavy atom. The molecular formula is C22H18N4O2S. The van der Waals surface area contributed by atoms with Crippen molar-refractivity contribution in [3.05, 3.63) is 76.0 Å². The van der Waals surface area contributed by atoms with Crippen LogP contribution in [0.15, 0.2) is 60.0 Å². The first-order valence-corrected chi connectivity index (χ1v) is 10.2. The van der Waals surface area contributed by atoms with Gasteiger partial charge in [-0.2, -0.15) is 5.10 Å². The van der Waals surface area contributed by atoms with Gasteiger partial charge in [0.2, 0.25) is 5.91 Å². The number of carbonyl (C=O) groups is 2. The average molecular weight is 402 g/mol. The van der Waals surface area contributed by atoms with E-state index < -0.39 is 0 Å². The lowest BCUT2D eigenvalue weighted by atomic mass is 9.92. The Bertz CT molecular complexity index is 1240. The van der Waals surface area contributed by atoms with Crippen molar-refractivity contribution in [1.29, 1.82) is 0 Å². The zero-order valence-corrected chi connectivity index (χ0v) is 16.5. The van der Waals surface area contributed by atoms with Crippen LogP contribution in [0.5, 0.6) is 0 Å².